The highest BCUT2D eigenvalue weighted by molar-refractivity contribution is 14.0. The summed E-state index contributed by atoms with van der Waals surface area (Å²) in [5, 5.41) is 3.44. The summed E-state index contributed by atoms with van der Waals surface area (Å²) in [6.45, 7) is 7.43. The van der Waals surface area contributed by atoms with E-state index in [9.17, 15) is 0 Å². The van der Waals surface area contributed by atoms with Gasteiger partial charge in [-0.25, -0.2) is 0 Å². The van der Waals surface area contributed by atoms with E-state index < -0.39 is 0 Å². The van der Waals surface area contributed by atoms with Gasteiger partial charge in [-0.3, -0.25) is 4.99 Å². The molecule has 0 bridgehead atoms. The maximum absolute atomic E-state index is 5.69. The molecular formula is C18H36IN3O4. The van der Waals surface area contributed by atoms with Crippen LogP contribution in [0.3, 0.4) is 0 Å². The molecule has 0 amide bonds. The largest absolute Gasteiger partial charge is 0.382 e. The maximum Gasteiger partial charge on any atom is 0.193 e. The number of hydrogen-bond acceptors (Lipinski definition) is 5. The molecule has 2 unspecified atom stereocenters. The molecule has 0 aromatic heterocycles. The lowest BCUT2D eigenvalue weighted by Gasteiger charge is -2.21. The SMILES string of the molecule is CN=C(NCCCOCC1CCCO1)N1CCC(COCCOC)C1.I. The van der Waals surface area contributed by atoms with E-state index in [-0.39, 0.29) is 24.0 Å². The first-order chi connectivity index (χ1) is 12.3. The Morgan fingerprint density at radius 3 is 2.77 bits per heavy atom. The summed E-state index contributed by atoms with van der Waals surface area (Å²) in [6.07, 6.45) is 4.74. The summed E-state index contributed by atoms with van der Waals surface area (Å²) >= 11 is 0. The van der Waals surface area contributed by atoms with Crippen LogP contribution in [0.2, 0.25) is 0 Å². The smallest absolute Gasteiger partial charge is 0.193 e. The third kappa shape index (κ3) is 9.16. The Bertz CT molecular complexity index is 381. The van der Waals surface area contributed by atoms with Crippen LogP contribution in [0.1, 0.15) is 25.7 Å². The molecule has 0 aromatic rings. The third-order valence-electron chi connectivity index (χ3n) is 4.66. The van der Waals surface area contributed by atoms with E-state index in [4.69, 9.17) is 18.9 Å². The predicted octanol–water partition coefficient (Wildman–Crippen LogP) is 1.75. The van der Waals surface area contributed by atoms with E-state index in [0.29, 0.717) is 25.2 Å². The molecule has 7 nitrogen and oxygen atoms in total. The molecular weight excluding hydrogens is 449 g/mol. The van der Waals surface area contributed by atoms with Gasteiger partial charge in [0.2, 0.25) is 0 Å². The lowest BCUT2D eigenvalue weighted by Crippen LogP contribution is -2.40. The Hall–Kier alpha value is -0.160. The van der Waals surface area contributed by atoms with Crippen molar-refractivity contribution in [2.75, 3.05) is 73.4 Å². The highest BCUT2D eigenvalue weighted by Gasteiger charge is 2.24. The van der Waals surface area contributed by atoms with Gasteiger partial charge < -0.3 is 29.2 Å². The van der Waals surface area contributed by atoms with E-state index in [0.717, 1.165) is 71.3 Å². The first kappa shape index (κ1) is 23.9. The Balaban J connectivity index is 0.00000338. The number of methoxy groups -OCH3 is 1. The van der Waals surface area contributed by atoms with Gasteiger partial charge in [-0.2, -0.15) is 0 Å². The summed E-state index contributed by atoms with van der Waals surface area (Å²) in [6, 6.07) is 0. The van der Waals surface area contributed by atoms with Crippen LogP contribution in [0.25, 0.3) is 0 Å². The molecule has 2 aliphatic rings. The first-order valence-corrected chi connectivity index (χ1v) is 9.55. The van der Waals surface area contributed by atoms with Crippen molar-refractivity contribution in [1.29, 1.82) is 0 Å². The molecule has 0 spiro atoms. The van der Waals surface area contributed by atoms with Gasteiger partial charge in [-0.15, -0.1) is 24.0 Å². The van der Waals surface area contributed by atoms with Crippen molar-refractivity contribution >= 4 is 29.9 Å². The van der Waals surface area contributed by atoms with E-state index in [1.54, 1.807) is 7.11 Å². The van der Waals surface area contributed by atoms with Crippen LogP contribution in [-0.4, -0.2) is 90.4 Å². The minimum Gasteiger partial charge on any atom is -0.382 e. The Labute approximate surface area is 175 Å². The topological polar surface area (TPSA) is 64.6 Å². The summed E-state index contributed by atoms with van der Waals surface area (Å²) in [7, 11) is 3.54. The lowest BCUT2D eigenvalue weighted by molar-refractivity contribution is 0.0168. The second kappa shape index (κ2) is 14.8. The number of ether oxygens (including phenoxy) is 4. The molecule has 8 heteroatoms. The van der Waals surface area contributed by atoms with Gasteiger partial charge in [-0.1, -0.05) is 0 Å². The van der Waals surface area contributed by atoms with Gasteiger partial charge in [0.15, 0.2) is 5.96 Å². The van der Waals surface area contributed by atoms with Crippen molar-refractivity contribution in [2.45, 2.75) is 31.8 Å². The van der Waals surface area contributed by atoms with E-state index in [2.05, 4.69) is 15.2 Å². The molecule has 2 atom stereocenters. The number of guanidine groups is 1. The molecule has 154 valence electrons. The zero-order valence-electron chi connectivity index (χ0n) is 16.3. The van der Waals surface area contributed by atoms with Crippen LogP contribution >= 0.6 is 24.0 Å². The number of hydrogen-bond donors (Lipinski definition) is 1. The summed E-state index contributed by atoms with van der Waals surface area (Å²) in [4.78, 5) is 6.72. The normalized spacial score (nSPS) is 23.3. The Morgan fingerprint density at radius 2 is 2.04 bits per heavy atom. The zero-order chi connectivity index (χ0) is 17.7. The maximum atomic E-state index is 5.69. The summed E-state index contributed by atoms with van der Waals surface area (Å²) in [5.74, 6) is 1.56. The number of aliphatic imine (C=N–C) groups is 1. The quantitative estimate of drug-likeness (QED) is 0.208. The van der Waals surface area contributed by atoms with Crippen molar-refractivity contribution in [3.8, 4) is 0 Å². The van der Waals surface area contributed by atoms with Gasteiger partial charge in [0.05, 0.1) is 32.5 Å². The van der Waals surface area contributed by atoms with Gasteiger partial charge >= 0.3 is 0 Å². The van der Waals surface area contributed by atoms with Crippen molar-refractivity contribution in [3.05, 3.63) is 0 Å². The van der Waals surface area contributed by atoms with E-state index in [1.165, 1.54) is 6.42 Å². The lowest BCUT2D eigenvalue weighted by atomic mass is 10.1. The van der Waals surface area contributed by atoms with Crippen LogP contribution in [0.4, 0.5) is 0 Å². The monoisotopic (exact) mass is 485 g/mol. The summed E-state index contributed by atoms with van der Waals surface area (Å²) in [5.41, 5.74) is 0. The third-order valence-corrected chi connectivity index (χ3v) is 4.66. The van der Waals surface area contributed by atoms with Gasteiger partial charge in [-0.05, 0) is 25.7 Å². The molecule has 2 heterocycles. The van der Waals surface area contributed by atoms with Crippen LogP contribution in [-0.2, 0) is 18.9 Å². The fourth-order valence-electron chi connectivity index (χ4n) is 3.25. The molecule has 26 heavy (non-hydrogen) atoms. The van der Waals surface area contributed by atoms with E-state index >= 15 is 0 Å². The fraction of sp³-hybridized carbons (Fsp3) is 0.944. The minimum absolute atomic E-state index is 0. The average Bonchev–Trinajstić information content (AvgIpc) is 3.30. The summed E-state index contributed by atoms with van der Waals surface area (Å²) < 4.78 is 21.9. The van der Waals surface area contributed by atoms with E-state index in [1.807, 2.05) is 7.05 Å². The second-order valence-electron chi connectivity index (χ2n) is 6.71. The van der Waals surface area contributed by atoms with Gasteiger partial charge in [0, 0.05) is 52.9 Å². The van der Waals surface area contributed by atoms with Crippen LogP contribution < -0.4 is 5.32 Å². The van der Waals surface area contributed by atoms with Crippen LogP contribution in [0.5, 0.6) is 0 Å². The van der Waals surface area contributed by atoms with Gasteiger partial charge in [0.25, 0.3) is 0 Å². The molecule has 0 aliphatic carbocycles. The molecule has 2 saturated heterocycles. The number of rotatable bonds is 11. The van der Waals surface area contributed by atoms with Crippen molar-refractivity contribution in [1.82, 2.24) is 10.2 Å². The molecule has 0 saturated carbocycles. The average molecular weight is 485 g/mol. The number of nitrogens with one attached hydrogen (secondary N) is 1. The second-order valence-corrected chi connectivity index (χ2v) is 6.71. The van der Waals surface area contributed by atoms with Crippen molar-refractivity contribution < 1.29 is 18.9 Å². The van der Waals surface area contributed by atoms with Crippen molar-refractivity contribution in [2.24, 2.45) is 10.9 Å². The molecule has 0 aromatic carbocycles. The van der Waals surface area contributed by atoms with Crippen LogP contribution in [0, 0.1) is 5.92 Å². The molecule has 1 N–H and O–H groups in total. The highest BCUT2D eigenvalue weighted by atomic mass is 127. The number of halogens is 1. The van der Waals surface area contributed by atoms with Crippen LogP contribution in [0.15, 0.2) is 4.99 Å². The zero-order valence-corrected chi connectivity index (χ0v) is 18.6. The number of nitrogens with zero attached hydrogens (tertiary/aromatic N) is 2. The van der Waals surface area contributed by atoms with Gasteiger partial charge in [0.1, 0.15) is 0 Å². The number of likely N-dealkylation sites (tertiary alicyclic amines) is 1. The Kier molecular flexibility index (Phi) is 13.6. The first-order valence-electron chi connectivity index (χ1n) is 9.55. The molecule has 2 aliphatic heterocycles. The van der Waals surface area contributed by atoms with Crippen molar-refractivity contribution in [3.63, 3.8) is 0 Å². The predicted molar refractivity (Wildman–Crippen MR) is 114 cm³/mol. The molecule has 2 rings (SSSR count). The minimum atomic E-state index is 0. The highest BCUT2D eigenvalue weighted by Crippen LogP contribution is 2.16. The molecule has 2 fully saturated rings. The standard InChI is InChI=1S/C18H35N3O4.HI/c1-19-18(20-7-4-9-23-15-17-5-3-10-25-17)21-8-6-16(13-21)14-24-12-11-22-2;/h16-17H,3-15H2,1-2H3,(H,19,20);1H. The molecule has 0 radical (unpaired) electrons. The Morgan fingerprint density at radius 1 is 1.19 bits per heavy atom. The fourth-order valence-corrected chi connectivity index (χ4v) is 3.25.